The Balaban J connectivity index is 1.30. The highest BCUT2D eigenvalue weighted by Gasteiger charge is 2.28. The zero-order chi connectivity index (χ0) is 22.8. The predicted octanol–water partition coefficient (Wildman–Crippen LogP) is 2.48. The van der Waals surface area contributed by atoms with Crippen LogP contribution in [0.3, 0.4) is 0 Å². The summed E-state index contributed by atoms with van der Waals surface area (Å²) in [6.07, 6.45) is -0.532. The van der Waals surface area contributed by atoms with Crippen molar-refractivity contribution < 1.29 is 29.0 Å². The number of carboxylic acids is 1. The molecule has 0 fully saturated rings. The van der Waals surface area contributed by atoms with Crippen LogP contribution in [0.5, 0.6) is 0 Å². The Labute approximate surface area is 190 Å². The van der Waals surface area contributed by atoms with E-state index < -0.39 is 12.1 Å². The molecule has 2 amide bonds. The largest absolute Gasteiger partial charge is 0.481 e. The van der Waals surface area contributed by atoms with Crippen LogP contribution in [0.15, 0.2) is 48.5 Å². The molecule has 0 atom stereocenters. The van der Waals surface area contributed by atoms with E-state index in [1.54, 1.807) is 0 Å². The van der Waals surface area contributed by atoms with Crippen molar-refractivity contribution in [1.29, 1.82) is 0 Å². The number of carbonyl (C=O) groups excluding carboxylic acids is 2. The van der Waals surface area contributed by atoms with Gasteiger partial charge in [0.1, 0.15) is 13.2 Å². The van der Waals surface area contributed by atoms with Crippen LogP contribution in [0.2, 0.25) is 0 Å². The molecule has 8 nitrogen and oxygen atoms in total. The number of hydrogen-bond acceptors (Lipinski definition) is 6. The zero-order valence-electron chi connectivity index (χ0n) is 17.5. The third kappa shape index (κ3) is 6.73. The summed E-state index contributed by atoms with van der Waals surface area (Å²) in [5, 5.41) is 13.8. The molecule has 1 aliphatic rings. The first-order chi connectivity index (χ1) is 15.6. The van der Waals surface area contributed by atoms with E-state index >= 15 is 0 Å². The third-order valence-electron chi connectivity index (χ3n) is 4.89. The van der Waals surface area contributed by atoms with E-state index in [1.165, 1.54) is 22.9 Å². The molecule has 3 N–H and O–H groups in total. The molecule has 0 bridgehead atoms. The van der Waals surface area contributed by atoms with Gasteiger partial charge in [0, 0.05) is 24.8 Å². The number of aliphatic carboxylic acids is 1. The number of hydrogen-bond donors (Lipinski definition) is 3. The van der Waals surface area contributed by atoms with Crippen molar-refractivity contribution >= 4 is 29.7 Å². The fourth-order valence-electron chi connectivity index (χ4n) is 3.51. The topological polar surface area (TPSA) is 114 Å². The molecule has 2 aromatic carbocycles. The monoisotopic (exact) mass is 458 g/mol. The molecule has 2 aromatic rings. The summed E-state index contributed by atoms with van der Waals surface area (Å²) in [6.45, 7) is 0.876. The van der Waals surface area contributed by atoms with Gasteiger partial charge in [0.2, 0.25) is 5.91 Å². The van der Waals surface area contributed by atoms with Gasteiger partial charge in [-0.1, -0.05) is 48.5 Å². The summed E-state index contributed by atoms with van der Waals surface area (Å²) in [4.78, 5) is 34.1. The maximum atomic E-state index is 12.1. The molecule has 9 heteroatoms. The highest BCUT2D eigenvalue weighted by Crippen LogP contribution is 2.44. The first-order valence-electron chi connectivity index (χ1n) is 10.3. The summed E-state index contributed by atoms with van der Waals surface area (Å²) in [5.74, 6) is -0.646. The van der Waals surface area contributed by atoms with Gasteiger partial charge in [-0.05, 0) is 22.3 Å². The van der Waals surface area contributed by atoms with Gasteiger partial charge in [-0.3, -0.25) is 9.59 Å². The summed E-state index contributed by atoms with van der Waals surface area (Å²) in [6, 6.07) is 16.3. The van der Waals surface area contributed by atoms with E-state index in [0.717, 1.165) is 11.1 Å². The Morgan fingerprint density at radius 2 is 1.59 bits per heavy atom. The summed E-state index contributed by atoms with van der Waals surface area (Å²) in [7, 11) is 0. The minimum absolute atomic E-state index is 0.00163. The van der Waals surface area contributed by atoms with Crippen LogP contribution in [0.4, 0.5) is 4.79 Å². The van der Waals surface area contributed by atoms with E-state index in [9.17, 15) is 14.4 Å². The molecular weight excluding hydrogens is 432 g/mol. The maximum Gasteiger partial charge on any atom is 0.407 e. The summed E-state index contributed by atoms with van der Waals surface area (Å²) >= 11 is 1.23. The lowest BCUT2D eigenvalue weighted by atomic mass is 9.98. The average Bonchev–Trinajstić information content (AvgIpc) is 3.11. The Bertz CT molecular complexity index is 906. The van der Waals surface area contributed by atoms with E-state index in [-0.39, 0.29) is 43.9 Å². The minimum atomic E-state index is -0.881. The number of amides is 2. The third-order valence-corrected chi connectivity index (χ3v) is 5.83. The van der Waals surface area contributed by atoms with E-state index in [2.05, 4.69) is 34.9 Å². The molecule has 0 aromatic heterocycles. The van der Waals surface area contributed by atoms with Gasteiger partial charge in [0.05, 0.1) is 12.4 Å². The van der Waals surface area contributed by atoms with Gasteiger partial charge in [-0.15, -0.1) is 11.8 Å². The quantitative estimate of drug-likeness (QED) is 0.419. The highest BCUT2D eigenvalue weighted by molar-refractivity contribution is 7.99. The van der Waals surface area contributed by atoms with E-state index in [1.807, 2.05) is 24.3 Å². The average molecular weight is 459 g/mol. The standard InChI is InChI=1S/C23H26N2O6S/c26-21(24-10-12-32-15-22(27)28)14-30-11-9-25-23(29)31-13-20-18-7-3-1-5-16(18)17-6-2-4-8-19(17)20/h1-8,20H,9-15H2,(H,24,26)(H,25,29)(H,27,28). The van der Waals surface area contributed by atoms with Crippen molar-refractivity contribution in [2.24, 2.45) is 0 Å². The maximum absolute atomic E-state index is 12.1. The highest BCUT2D eigenvalue weighted by atomic mass is 32.2. The van der Waals surface area contributed by atoms with Crippen molar-refractivity contribution in [3.05, 3.63) is 59.7 Å². The number of benzene rings is 2. The van der Waals surface area contributed by atoms with Crippen molar-refractivity contribution in [2.45, 2.75) is 5.92 Å². The van der Waals surface area contributed by atoms with Crippen LogP contribution < -0.4 is 10.6 Å². The van der Waals surface area contributed by atoms with Crippen LogP contribution in [0, 0.1) is 0 Å². The number of carbonyl (C=O) groups is 3. The van der Waals surface area contributed by atoms with Crippen molar-refractivity contribution in [2.75, 3.05) is 44.4 Å². The number of ether oxygens (including phenoxy) is 2. The van der Waals surface area contributed by atoms with Crippen LogP contribution in [-0.2, 0) is 19.1 Å². The number of carboxylic acid groups (broad SMARTS) is 1. The molecule has 0 heterocycles. The van der Waals surface area contributed by atoms with Crippen molar-refractivity contribution in [3.8, 4) is 11.1 Å². The van der Waals surface area contributed by atoms with Gasteiger partial charge in [0.25, 0.3) is 0 Å². The molecule has 0 saturated carbocycles. The Morgan fingerprint density at radius 3 is 2.25 bits per heavy atom. The predicted molar refractivity (Wildman–Crippen MR) is 122 cm³/mol. The van der Waals surface area contributed by atoms with Gasteiger partial charge < -0.3 is 25.2 Å². The fourth-order valence-corrected chi connectivity index (χ4v) is 4.08. The van der Waals surface area contributed by atoms with Crippen molar-refractivity contribution in [3.63, 3.8) is 0 Å². The summed E-state index contributed by atoms with van der Waals surface area (Å²) < 4.78 is 10.7. The fraction of sp³-hybridized carbons (Fsp3) is 0.348. The van der Waals surface area contributed by atoms with Gasteiger partial charge >= 0.3 is 12.1 Å². The molecule has 170 valence electrons. The second-order valence-electron chi connectivity index (χ2n) is 7.10. The molecular formula is C23H26N2O6S. The van der Waals surface area contributed by atoms with Gasteiger partial charge in [0.15, 0.2) is 0 Å². The van der Waals surface area contributed by atoms with Crippen LogP contribution in [-0.4, -0.2) is 67.5 Å². The van der Waals surface area contributed by atoms with Crippen molar-refractivity contribution in [1.82, 2.24) is 10.6 Å². The molecule has 0 unspecified atom stereocenters. The Morgan fingerprint density at radius 1 is 0.938 bits per heavy atom. The molecule has 3 rings (SSSR count). The normalized spacial score (nSPS) is 12.0. The van der Waals surface area contributed by atoms with Gasteiger partial charge in [-0.2, -0.15) is 0 Å². The molecule has 32 heavy (non-hydrogen) atoms. The summed E-state index contributed by atoms with van der Waals surface area (Å²) in [5.41, 5.74) is 4.64. The number of fused-ring (bicyclic) bond motifs is 3. The second kappa shape index (κ2) is 12.1. The smallest absolute Gasteiger partial charge is 0.407 e. The lowest BCUT2D eigenvalue weighted by Crippen LogP contribution is -2.32. The van der Waals surface area contributed by atoms with E-state index in [4.69, 9.17) is 14.6 Å². The molecule has 0 aliphatic heterocycles. The van der Waals surface area contributed by atoms with Crippen LogP contribution in [0.25, 0.3) is 11.1 Å². The SMILES string of the molecule is O=C(O)CSCCNC(=O)COCCNC(=O)OCC1c2ccccc2-c2ccccc21. The molecule has 0 spiro atoms. The molecule has 0 saturated heterocycles. The first-order valence-corrected chi connectivity index (χ1v) is 11.4. The second-order valence-corrected chi connectivity index (χ2v) is 8.21. The first kappa shape index (κ1) is 23.6. The molecule has 0 radical (unpaired) electrons. The minimum Gasteiger partial charge on any atom is -0.481 e. The van der Waals surface area contributed by atoms with E-state index in [0.29, 0.717) is 12.3 Å². The Kier molecular flexibility index (Phi) is 8.94. The zero-order valence-corrected chi connectivity index (χ0v) is 18.4. The number of rotatable bonds is 12. The number of nitrogens with one attached hydrogen (secondary N) is 2. The molecule has 1 aliphatic carbocycles. The van der Waals surface area contributed by atoms with Gasteiger partial charge in [-0.25, -0.2) is 4.79 Å². The lowest BCUT2D eigenvalue weighted by molar-refractivity contribution is -0.134. The Hall–Kier alpha value is -3.04. The lowest BCUT2D eigenvalue weighted by Gasteiger charge is -2.14. The number of alkyl carbamates (subject to hydrolysis) is 1. The van der Waals surface area contributed by atoms with Crippen LogP contribution in [0.1, 0.15) is 17.0 Å². The number of thioether (sulfide) groups is 1. The van der Waals surface area contributed by atoms with Crippen LogP contribution >= 0.6 is 11.8 Å².